The van der Waals surface area contributed by atoms with Gasteiger partial charge in [-0.2, -0.15) is 0 Å². The van der Waals surface area contributed by atoms with Gasteiger partial charge < -0.3 is 5.73 Å². The first-order chi connectivity index (χ1) is 9.30. The fourth-order valence-corrected chi connectivity index (χ4v) is 4.58. The number of nitrogens with two attached hydrogens (primary N) is 1. The van der Waals surface area contributed by atoms with Crippen LogP contribution < -0.4 is 10.5 Å². The Kier molecular flexibility index (Phi) is 4.47. The van der Waals surface area contributed by atoms with Crippen molar-refractivity contribution < 1.29 is 8.42 Å². The van der Waals surface area contributed by atoms with Crippen LogP contribution in [0.4, 0.5) is 5.69 Å². The van der Waals surface area contributed by atoms with Gasteiger partial charge in [-0.15, -0.1) is 0 Å². The molecule has 1 aliphatic carbocycles. The molecule has 0 aliphatic heterocycles. The van der Waals surface area contributed by atoms with Crippen molar-refractivity contribution in [3.05, 3.63) is 22.2 Å². The van der Waals surface area contributed by atoms with Gasteiger partial charge >= 0.3 is 0 Å². The average Bonchev–Trinajstić information content (AvgIpc) is 3.12. The summed E-state index contributed by atoms with van der Waals surface area (Å²) in [7, 11) is -3.51. The number of hydrogen-bond donors (Lipinski definition) is 2. The van der Waals surface area contributed by atoms with E-state index in [1.807, 2.05) is 0 Å². The van der Waals surface area contributed by atoms with Gasteiger partial charge in [0.05, 0.1) is 4.90 Å². The zero-order chi connectivity index (χ0) is 15.0. The normalized spacial score (nSPS) is 17.1. The minimum Gasteiger partial charge on any atom is -0.398 e. The van der Waals surface area contributed by atoms with E-state index in [-0.39, 0.29) is 10.3 Å². The lowest BCUT2D eigenvalue weighted by Gasteiger charge is -2.16. The number of nitrogens with one attached hydrogen (secondary N) is 1. The van der Waals surface area contributed by atoms with Gasteiger partial charge in [0.1, 0.15) is 0 Å². The molecule has 20 heavy (non-hydrogen) atoms. The van der Waals surface area contributed by atoms with Crippen LogP contribution in [0.15, 0.2) is 21.5 Å². The molecule has 1 aromatic rings. The van der Waals surface area contributed by atoms with Crippen molar-refractivity contribution in [3.8, 4) is 0 Å². The molecule has 0 spiro atoms. The summed E-state index contributed by atoms with van der Waals surface area (Å²) in [5.41, 5.74) is 7.10. The predicted molar refractivity (Wildman–Crippen MR) is 85.1 cm³/mol. The number of rotatable bonds is 6. The number of benzene rings is 1. The number of hydrogen-bond acceptors (Lipinski definition) is 3. The summed E-state index contributed by atoms with van der Waals surface area (Å²) >= 11 is 3.30. The van der Waals surface area contributed by atoms with Crippen LogP contribution in [0.25, 0.3) is 0 Å². The monoisotopic (exact) mass is 360 g/mol. The Morgan fingerprint density at radius 1 is 1.40 bits per heavy atom. The summed E-state index contributed by atoms with van der Waals surface area (Å²) < 4.78 is 28.3. The molecule has 4 nitrogen and oxygen atoms in total. The molecule has 0 unspecified atom stereocenters. The molecule has 1 aromatic carbocycles. The highest BCUT2D eigenvalue weighted by Gasteiger charge is 2.42. The molecule has 1 saturated carbocycles. The molecule has 0 bridgehead atoms. The molecule has 0 atom stereocenters. The van der Waals surface area contributed by atoms with Crippen molar-refractivity contribution in [2.24, 2.45) is 5.41 Å². The Bertz CT molecular complexity index is 610. The lowest BCUT2D eigenvalue weighted by Crippen LogP contribution is -2.31. The molecule has 6 heteroatoms. The van der Waals surface area contributed by atoms with E-state index < -0.39 is 10.0 Å². The first-order valence-corrected chi connectivity index (χ1v) is 9.12. The molecule has 1 aliphatic rings. The molecule has 0 aromatic heterocycles. The quantitative estimate of drug-likeness (QED) is 0.765. The topological polar surface area (TPSA) is 72.2 Å². The second kappa shape index (κ2) is 5.66. The maximum atomic E-state index is 12.4. The first kappa shape index (κ1) is 15.8. The Balaban J connectivity index is 2.19. The van der Waals surface area contributed by atoms with Crippen LogP contribution >= 0.6 is 15.9 Å². The fraction of sp³-hybridized carbons (Fsp3) is 0.571. The Hall–Kier alpha value is -0.590. The van der Waals surface area contributed by atoms with E-state index in [1.165, 1.54) is 0 Å². The van der Waals surface area contributed by atoms with Crippen LogP contribution in [0, 0.1) is 12.3 Å². The van der Waals surface area contributed by atoms with Crippen LogP contribution in [0.2, 0.25) is 0 Å². The second-order valence-corrected chi connectivity index (χ2v) is 8.34. The Labute approximate surface area is 129 Å². The summed E-state index contributed by atoms with van der Waals surface area (Å²) in [5, 5.41) is 0. The zero-order valence-corrected chi connectivity index (χ0v) is 14.3. The number of nitrogen functional groups attached to an aromatic ring is 1. The minimum atomic E-state index is -3.51. The molecule has 2 rings (SSSR count). The summed E-state index contributed by atoms with van der Waals surface area (Å²) in [5.74, 6) is 0. The van der Waals surface area contributed by atoms with Gasteiger partial charge in [-0.25, -0.2) is 13.1 Å². The molecule has 0 heterocycles. The smallest absolute Gasteiger partial charge is 0.240 e. The highest BCUT2D eigenvalue weighted by Crippen LogP contribution is 2.49. The van der Waals surface area contributed by atoms with Crippen molar-refractivity contribution in [3.63, 3.8) is 0 Å². The van der Waals surface area contributed by atoms with Gasteiger partial charge in [0, 0.05) is 16.7 Å². The standard InChI is InChI=1S/C14H21BrN2O2S/c1-3-4-14(5-6-14)9-17-20(18,19)13-8-11(15)7-12(16)10(13)2/h7-8,17H,3-6,9,16H2,1-2H3. The molecule has 0 radical (unpaired) electrons. The van der Waals surface area contributed by atoms with Crippen LogP contribution in [0.5, 0.6) is 0 Å². The van der Waals surface area contributed by atoms with E-state index in [0.29, 0.717) is 22.3 Å². The highest BCUT2D eigenvalue weighted by atomic mass is 79.9. The van der Waals surface area contributed by atoms with E-state index >= 15 is 0 Å². The Morgan fingerprint density at radius 2 is 2.05 bits per heavy atom. The number of sulfonamides is 1. The Morgan fingerprint density at radius 3 is 2.60 bits per heavy atom. The maximum Gasteiger partial charge on any atom is 0.240 e. The van der Waals surface area contributed by atoms with Crippen molar-refractivity contribution in [2.75, 3.05) is 12.3 Å². The van der Waals surface area contributed by atoms with Crippen LogP contribution in [0.1, 0.15) is 38.2 Å². The summed E-state index contributed by atoms with van der Waals surface area (Å²) in [4.78, 5) is 0.261. The average molecular weight is 361 g/mol. The summed E-state index contributed by atoms with van der Waals surface area (Å²) in [6, 6.07) is 3.32. The lowest BCUT2D eigenvalue weighted by molar-refractivity contribution is 0.449. The SMILES string of the molecule is CCCC1(CNS(=O)(=O)c2cc(Br)cc(N)c2C)CC1. The zero-order valence-electron chi connectivity index (χ0n) is 11.9. The molecule has 0 amide bonds. The summed E-state index contributed by atoms with van der Waals surface area (Å²) in [6.45, 7) is 4.39. The largest absolute Gasteiger partial charge is 0.398 e. The van der Waals surface area contributed by atoms with Crippen molar-refractivity contribution in [1.29, 1.82) is 0 Å². The van der Waals surface area contributed by atoms with Crippen LogP contribution in [-0.4, -0.2) is 15.0 Å². The molecular formula is C14H21BrN2O2S. The fourth-order valence-electron chi connectivity index (χ4n) is 2.50. The van der Waals surface area contributed by atoms with Crippen LogP contribution in [-0.2, 0) is 10.0 Å². The second-order valence-electron chi connectivity index (χ2n) is 5.69. The van der Waals surface area contributed by atoms with Gasteiger partial charge in [0.15, 0.2) is 0 Å². The van der Waals surface area contributed by atoms with Gasteiger partial charge in [0.25, 0.3) is 0 Å². The van der Waals surface area contributed by atoms with Crippen molar-refractivity contribution >= 4 is 31.6 Å². The van der Waals surface area contributed by atoms with Gasteiger partial charge in [-0.1, -0.05) is 29.3 Å². The lowest BCUT2D eigenvalue weighted by atomic mass is 10.0. The molecular weight excluding hydrogens is 340 g/mol. The van der Waals surface area contributed by atoms with Crippen LogP contribution in [0.3, 0.4) is 0 Å². The number of anilines is 1. The van der Waals surface area contributed by atoms with E-state index in [9.17, 15) is 8.42 Å². The van der Waals surface area contributed by atoms with Gasteiger partial charge in [0.2, 0.25) is 10.0 Å². The first-order valence-electron chi connectivity index (χ1n) is 6.85. The molecule has 1 fully saturated rings. The highest BCUT2D eigenvalue weighted by molar-refractivity contribution is 9.10. The van der Waals surface area contributed by atoms with E-state index in [1.54, 1.807) is 19.1 Å². The van der Waals surface area contributed by atoms with E-state index in [2.05, 4.69) is 27.6 Å². The summed E-state index contributed by atoms with van der Waals surface area (Å²) in [6.07, 6.45) is 4.39. The maximum absolute atomic E-state index is 12.4. The van der Waals surface area contributed by atoms with E-state index in [4.69, 9.17) is 5.73 Å². The molecule has 0 saturated heterocycles. The third-order valence-corrected chi connectivity index (χ3v) is 6.01. The van der Waals surface area contributed by atoms with Gasteiger partial charge in [-0.3, -0.25) is 0 Å². The third kappa shape index (κ3) is 3.35. The third-order valence-electron chi connectivity index (χ3n) is 4.03. The van der Waals surface area contributed by atoms with Crippen molar-refractivity contribution in [2.45, 2.75) is 44.4 Å². The predicted octanol–water partition coefficient (Wildman–Crippen LogP) is 3.20. The molecule has 3 N–H and O–H groups in total. The van der Waals surface area contributed by atoms with E-state index in [0.717, 1.165) is 25.7 Å². The van der Waals surface area contributed by atoms with Gasteiger partial charge in [-0.05, 0) is 49.3 Å². The molecule has 112 valence electrons. The van der Waals surface area contributed by atoms with Crippen molar-refractivity contribution in [1.82, 2.24) is 4.72 Å². The minimum absolute atomic E-state index is 0.188. The number of halogens is 1.